The van der Waals surface area contributed by atoms with Gasteiger partial charge in [0.15, 0.2) is 0 Å². The van der Waals surface area contributed by atoms with Crippen molar-refractivity contribution in [1.29, 1.82) is 0 Å². The van der Waals surface area contributed by atoms with Gasteiger partial charge in [-0.2, -0.15) is 0 Å². The van der Waals surface area contributed by atoms with Gasteiger partial charge in [0, 0.05) is 0 Å². The molecule has 0 spiro atoms. The van der Waals surface area contributed by atoms with Gasteiger partial charge in [-0.25, -0.2) is 0 Å². The lowest BCUT2D eigenvalue weighted by Gasteiger charge is -2.28. The topological polar surface area (TPSA) is 9.23 Å². The summed E-state index contributed by atoms with van der Waals surface area (Å²) in [6.45, 7) is 4.16. The maximum Gasteiger partial charge on any atom is 0.114 e. The van der Waals surface area contributed by atoms with Crippen molar-refractivity contribution >= 4 is 11.9 Å². The zero-order valence-corrected chi connectivity index (χ0v) is 8.84. The Morgan fingerprint density at radius 3 is 2.08 bits per heavy atom. The predicted molar refractivity (Wildman–Crippen MR) is 55.6 cm³/mol. The van der Waals surface area contributed by atoms with E-state index in [2.05, 4.69) is 26.0 Å². The lowest BCUT2D eigenvalue weighted by atomic mass is 9.89. The first kappa shape index (κ1) is 10.6. The third-order valence-electron chi connectivity index (χ3n) is 2.59. The molecule has 0 aliphatic rings. The molecule has 0 radical (unpaired) electrons. The SMILES string of the molecule is CCC(CC)(OCl)c1ccccc1. The predicted octanol–water partition coefficient (Wildman–Crippen LogP) is 3.87. The lowest BCUT2D eigenvalue weighted by molar-refractivity contribution is 0.0699. The van der Waals surface area contributed by atoms with Crippen LogP contribution in [0.15, 0.2) is 30.3 Å². The molecule has 0 aromatic heterocycles. The first-order chi connectivity index (χ1) is 6.29. The Kier molecular flexibility index (Phi) is 3.76. The van der Waals surface area contributed by atoms with E-state index in [4.69, 9.17) is 16.2 Å². The van der Waals surface area contributed by atoms with Crippen LogP contribution in [0.3, 0.4) is 0 Å². The molecule has 72 valence electrons. The lowest BCUT2D eigenvalue weighted by Crippen LogP contribution is -2.24. The molecule has 1 rings (SSSR count). The van der Waals surface area contributed by atoms with Crippen LogP contribution >= 0.6 is 11.9 Å². The normalized spacial score (nSPS) is 11.6. The third kappa shape index (κ3) is 2.04. The summed E-state index contributed by atoms with van der Waals surface area (Å²) >= 11 is 5.56. The molecule has 0 heterocycles. The number of halogens is 1. The van der Waals surface area contributed by atoms with Crippen LogP contribution in [0.4, 0.5) is 0 Å². The zero-order chi connectivity index (χ0) is 9.73. The van der Waals surface area contributed by atoms with E-state index in [-0.39, 0.29) is 5.60 Å². The van der Waals surface area contributed by atoms with Gasteiger partial charge in [0.2, 0.25) is 0 Å². The van der Waals surface area contributed by atoms with Gasteiger partial charge in [-0.05, 0) is 18.4 Å². The number of hydrogen-bond donors (Lipinski definition) is 0. The van der Waals surface area contributed by atoms with Crippen molar-refractivity contribution in [2.75, 3.05) is 0 Å². The second-order valence-corrected chi connectivity index (χ2v) is 3.30. The summed E-state index contributed by atoms with van der Waals surface area (Å²) in [7, 11) is 0. The van der Waals surface area contributed by atoms with Crippen LogP contribution in [0.25, 0.3) is 0 Å². The van der Waals surface area contributed by atoms with E-state index in [1.807, 2.05) is 18.2 Å². The fourth-order valence-corrected chi connectivity index (χ4v) is 1.86. The fraction of sp³-hybridized carbons (Fsp3) is 0.455. The largest absolute Gasteiger partial charge is 0.268 e. The van der Waals surface area contributed by atoms with Crippen LogP contribution in [-0.2, 0) is 9.89 Å². The van der Waals surface area contributed by atoms with Gasteiger partial charge in [-0.15, -0.1) is 0 Å². The second kappa shape index (κ2) is 4.64. The number of hydrogen-bond acceptors (Lipinski definition) is 1. The molecule has 13 heavy (non-hydrogen) atoms. The summed E-state index contributed by atoms with van der Waals surface area (Å²) in [5.41, 5.74) is 0.831. The Labute approximate surface area is 84.8 Å². The minimum absolute atomic E-state index is 0.317. The molecule has 1 aromatic carbocycles. The summed E-state index contributed by atoms with van der Waals surface area (Å²) < 4.78 is 5.09. The second-order valence-electron chi connectivity index (χ2n) is 3.14. The Morgan fingerprint density at radius 1 is 1.15 bits per heavy atom. The van der Waals surface area contributed by atoms with Crippen molar-refractivity contribution in [3.8, 4) is 0 Å². The van der Waals surface area contributed by atoms with Crippen LogP contribution in [0.2, 0.25) is 0 Å². The summed E-state index contributed by atoms with van der Waals surface area (Å²) in [5, 5.41) is 0. The first-order valence-corrected chi connectivity index (χ1v) is 4.95. The molecule has 0 fully saturated rings. The molecular formula is C11H15ClO. The third-order valence-corrected chi connectivity index (χ3v) is 2.89. The van der Waals surface area contributed by atoms with E-state index in [0.29, 0.717) is 0 Å². The quantitative estimate of drug-likeness (QED) is 0.714. The van der Waals surface area contributed by atoms with Crippen molar-refractivity contribution in [3.63, 3.8) is 0 Å². The number of rotatable bonds is 4. The fourth-order valence-electron chi connectivity index (χ4n) is 1.55. The molecule has 0 atom stereocenters. The molecule has 0 N–H and O–H groups in total. The summed E-state index contributed by atoms with van der Waals surface area (Å²) in [6, 6.07) is 10.1. The van der Waals surface area contributed by atoms with Crippen molar-refractivity contribution in [2.24, 2.45) is 0 Å². The molecule has 1 nitrogen and oxygen atoms in total. The average Bonchev–Trinajstić information content (AvgIpc) is 2.23. The molecule has 1 aromatic rings. The van der Waals surface area contributed by atoms with Gasteiger partial charge in [0.05, 0.1) is 11.9 Å². The highest BCUT2D eigenvalue weighted by Gasteiger charge is 2.28. The molecule has 0 saturated heterocycles. The standard InChI is InChI=1S/C11H15ClO/c1-3-11(4-2,13-12)10-8-6-5-7-9-10/h5-9H,3-4H2,1-2H3. The molecule has 0 aliphatic carbocycles. The summed E-state index contributed by atoms with van der Waals surface area (Å²) in [5.74, 6) is 0. The molecule has 0 unspecified atom stereocenters. The van der Waals surface area contributed by atoms with Crippen molar-refractivity contribution in [3.05, 3.63) is 35.9 Å². The van der Waals surface area contributed by atoms with Crippen LogP contribution < -0.4 is 0 Å². The van der Waals surface area contributed by atoms with E-state index in [0.717, 1.165) is 18.4 Å². The Morgan fingerprint density at radius 2 is 1.69 bits per heavy atom. The monoisotopic (exact) mass is 198 g/mol. The first-order valence-electron chi connectivity index (χ1n) is 4.64. The van der Waals surface area contributed by atoms with E-state index >= 15 is 0 Å². The average molecular weight is 199 g/mol. The Bertz CT molecular complexity index is 233. The van der Waals surface area contributed by atoms with Gasteiger partial charge in [-0.3, -0.25) is 4.29 Å². The van der Waals surface area contributed by atoms with Gasteiger partial charge in [0.25, 0.3) is 0 Å². The smallest absolute Gasteiger partial charge is 0.114 e. The molecule has 0 amide bonds. The summed E-state index contributed by atoms with van der Waals surface area (Å²) in [4.78, 5) is 0. The highest BCUT2D eigenvalue weighted by atomic mass is 35.5. The minimum Gasteiger partial charge on any atom is -0.268 e. The van der Waals surface area contributed by atoms with Gasteiger partial charge in [-0.1, -0.05) is 44.2 Å². The van der Waals surface area contributed by atoms with Gasteiger partial charge < -0.3 is 0 Å². The van der Waals surface area contributed by atoms with Crippen LogP contribution in [0.5, 0.6) is 0 Å². The zero-order valence-electron chi connectivity index (χ0n) is 8.09. The Hall–Kier alpha value is -0.530. The van der Waals surface area contributed by atoms with Crippen molar-refractivity contribution in [2.45, 2.75) is 32.3 Å². The van der Waals surface area contributed by atoms with E-state index in [1.165, 1.54) is 0 Å². The maximum absolute atomic E-state index is 5.56. The molecule has 0 saturated carbocycles. The Balaban J connectivity index is 3.01. The van der Waals surface area contributed by atoms with Crippen molar-refractivity contribution in [1.82, 2.24) is 0 Å². The van der Waals surface area contributed by atoms with Crippen LogP contribution in [-0.4, -0.2) is 0 Å². The van der Waals surface area contributed by atoms with Crippen molar-refractivity contribution < 1.29 is 4.29 Å². The molecule has 0 aliphatic heterocycles. The molecule has 2 heteroatoms. The van der Waals surface area contributed by atoms with E-state index in [1.54, 1.807) is 0 Å². The highest BCUT2D eigenvalue weighted by molar-refractivity contribution is 6.07. The number of benzene rings is 1. The molecule has 0 bridgehead atoms. The minimum atomic E-state index is -0.317. The van der Waals surface area contributed by atoms with Crippen LogP contribution in [0, 0.1) is 0 Å². The van der Waals surface area contributed by atoms with E-state index < -0.39 is 0 Å². The van der Waals surface area contributed by atoms with Gasteiger partial charge >= 0.3 is 0 Å². The summed E-state index contributed by atoms with van der Waals surface area (Å²) in [6.07, 6.45) is 1.77. The molecular weight excluding hydrogens is 184 g/mol. The maximum atomic E-state index is 5.56. The van der Waals surface area contributed by atoms with Gasteiger partial charge in [0.1, 0.15) is 5.60 Å². The van der Waals surface area contributed by atoms with E-state index in [9.17, 15) is 0 Å². The highest BCUT2D eigenvalue weighted by Crippen LogP contribution is 2.33. The van der Waals surface area contributed by atoms with Crippen LogP contribution in [0.1, 0.15) is 32.3 Å².